The number of fused-ring (bicyclic) bond motifs is 1. The van der Waals surface area contributed by atoms with Crippen LogP contribution in [-0.2, 0) is 22.8 Å². The van der Waals surface area contributed by atoms with E-state index in [-0.39, 0.29) is 0 Å². The first-order valence-corrected chi connectivity index (χ1v) is 14.1. The molecule has 2 aliphatic heterocycles. The minimum Gasteiger partial charge on any atom is -0.477 e. The van der Waals surface area contributed by atoms with Crippen molar-refractivity contribution < 1.29 is 13.2 Å². The molecule has 1 fully saturated rings. The minimum absolute atomic E-state index is 0.317. The quantitative estimate of drug-likeness (QED) is 0.541. The van der Waals surface area contributed by atoms with Gasteiger partial charge in [-0.05, 0) is 74.1 Å². The van der Waals surface area contributed by atoms with Crippen LogP contribution in [0.2, 0.25) is 0 Å². The topological polar surface area (TPSA) is 84.4 Å². The second kappa shape index (κ2) is 9.95. The molecule has 0 amide bonds. The zero-order chi connectivity index (χ0) is 24.4. The van der Waals surface area contributed by atoms with E-state index in [0.29, 0.717) is 30.0 Å². The van der Waals surface area contributed by atoms with Gasteiger partial charge in [-0.25, -0.2) is 8.42 Å². The highest BCUT2D eigenvalue weighted by atomic mass is 32.2. The molecule has 1 saturated heterocycles. The zero-order valence-corrected chi connectivity index (χ0v) is 21.1. The molecular formula is C27H32N4O3S. The van der Waals surface area contributed by atoms with E-state index < -0.39 is 9.84 Å². The highest BCUT2D eigenvalue weighted by molar-refractivity contribution is 7.91. The summed E-state index contributed by atoms with van der Waals surface area (Å²) in [5.41, 5.74) is 7.78. The lowest BCUT2D eigenvalue weighted by Gasteiger charge is -2.38. The summed E-state index contributed by atoms with van der Waals surface area (Å²) in [4.78, 5) is 2.47. The highest BCUT2D eigenvalue weighted by Crippen LogP contribution is 2.33. The summed E-state index contributed by atoms with van der Waals surface area (Å²) in [5, 5.41) is 12.2. The number of benzene rings is 2. The van der Waals surface area contributed by atoms with Crippen LogP contribution in [0.25, 0.3) is 11.3 Å². The average Bonchev–Trinajstić information content (AvgIpc) is 2.86. The third kappa shape index (κ3) is 5.33. The smallest absolute Gasteiger partial charge is 0.233 e. The number of ether oxygens (including phenoxy) is 1. The summed E-state index contributed by atoms with van der Waals surface area (Å²) >= 11 is 0. The summed E-state index contributed by atoms with van der Waals surface area (Å²) < 4.78 is 29.1. The van der Waals surface area contributed by atoms with Crippen molar-refractivity contribution in [2.75, 3.05) is 30.0 Å². The van der Waals surface area contributed by atoms with Gasteiger partial charge in [-0.2, -0.15) is 0 Å². The summed E-state index contributed by atoms with van der Waals surface area (Å²) in [5.74, 6) is 1.16. The van der Waals surface area contributed by atoms with Crippen molar-refractivity contribution in [3.8, 4) is 17.1 Å². The van der Waals surface area contributed by atoms with Crippen molar-refractivity contribution in [3.63, 3.8) is 0 Å². The normalized spacial score (nSPS) is 18.1. The Hall–Kier alpha value is -2.97. The standard InChI is InChI=1S/C27H32N4O3S/c1-3-34-27-10-9-26(29-30-27)24-17-21(8-7-19(24)2)28-25-6-4-5-20-18-31(14-11-23(20)25)22-12-15-35(32,33)16-13-22/h4-10,17,22,28H,3,11-16,18H2,1-2H3. The largest absolute Gasteiger partial charge is 0.477 e. The van der Waals surface area contributed by atoms with E-state index in [9.17, 15) is 8.42 Å². The third-order valence-corrected chi connectivity index (χ3v) is 8.78. The Labute approximate surface area is 207 Å². The number of aromatic nitrogens is 2. The number of sulfone groups is 1. The fourth-order valence-corrected chi connectivity index (χ4v) is 6.59. The molecule has 2 aliphatic rings. The lowest BCUT2D eigenvalue weighted by molar-refractivity contribution is 0.167. The number of hydrogen-bond donors (Lipinski definition) is 1. The van der Waals surface area contributed by atoms with Crippen LogP contribution >= 0.6 is 0 Å². The van der Waals surface area contributed by atoms with E-state index in [1.807, 2.05) is 19.1 Å². The Kier molecular flexibility index (Phi) is 6.75. The van der Waals surface area contributed by atoms with Gasteiger partial charge in [0.2, 0.25) is 5.88 Å². The van der Waals surface area contributed by atoms with Crippen LogP contribution in [0, 0.1) is 6.92 Å². The van der Waals surface area contributed by atoms with E-state index in [1.54, 1.807) is 0 Å². The number of hydrogen-bond acceptors (Lipinski definition) is 7. The first kappa shape index (κ1) is 23.8. The van der Waals surface area contributed by atoms with Crippen LogP contribution in [-0.4, -0.2) is 54.2 Å². The van der Waals surface area contributed by atoms with E-state index >= 15 is 0 Å². The van der Waals surface area contributed by atoms with Gasteiger partial charge in [-0.1, -0.05) is 18.2 Å². The fourth-order valence-electron chi connectivity index (χ4n) is 5.12. The van der Waals surface area contributed by atoms with Gasteiger partial charge in [-0.3, -0.25) is 4.90 Å². The van der Waals surface area contributed by atoms with Gasteiger partial charge in [-0.15, -0.1) is 10.2 Å². The Balaban J connectivity index is 1.33. The Bertz CT molecular complexity index is 1290. The number of nitrogens with zero attached hydrogens (tertiary/aromatic N) is 3. The maximum atomic E-state index is 11.8. The molecule has 0 unspecified atom stereocenters. The summed E-state index contributed by atoms with van der Waals surface area (Å²) in [6.45, 7) is 6.39. The maximum absolute atomic E-state index is 11.8. The molecule has 1 N–H and O–H groups in total. The van der Waals surface area contributed by atoms with Crippen LogP contribution in [0.1, 0.15) is 36.5 Å². The molecule has 5 rings (SSSR count). The first-order valence-electron chi connectivity index (χ1n) is 12.3. The molecule has 0 spiro atoms. The van der Waals surface area contributed by atoms with Gasteiger partial charge in [0.05, 0.1) is 23.8 Å². The van der Waals surface area contributed by atoms with E-state index in [0.717, 1.165) is 60.5 Å². The Morgan fingerprint density at radius 2 is 1.91 bits per heavy atom. The molecule has 0 saturated carbocycles. The lowest BCUT2D eigenvalue weighted by Crippen LogP contribution is -2.43. The monoisotopic (exact) mass is 492 g/mol. The van der Waals surface area contributed by atoms with Crippen LogP contribution in [0.15, 0.2) is 48.5 Å². The summed E-state index contributed by atoms with van der Waals surface area (Å²) in [6, 6.07) is 16.9. The summed E-state index contributed by atoms with van der Waals surface area (Å²) in [6.07, 6.45) is 2.44. The molecule has 3 heterocycles. The van der Waals surface area contributed by atoms with Crippen LogP contribution < -0.4 is 10.1 Å². The SMILES string of the molecule is CCOc1ccc(-c2cc(Nc3cccc4c3CCN(C3CCS(=O)(=O)CC3)C4)ccc2C)nn1. The molecular weight excluding hydrogens is 460 g/mol. The van der Waals surface area contributed by atoms with Gasteiger partial charge >= 0.3 is 0 Å². The van der Waals surface area contributed by atoms with Crippen molar-refractivity contribution in [2.24, 2.45) is 0 Å². The van der Waals surface area contributed by atoms with E-state index in [4.69, 9.17) is 4.74 Å². The molecule has 3 aromatic rings. The molecule has 2 aromatic carbocycles. The number of nitrogens with one attached hydrogen (secondary N) is 1. The molecule has 1 aromatic heterocycles. The lowest BCUT2D eigenvalue weighted by atomic mass is 9.95. The van der Waals surface area contributed by atoms with Gasteiger partial charge in [0, 0.05) is 42.1 Å². The fraction of sp³-hybridized carbons (Fsp3) is 0.407. The molecule has 35 heavy (non-hydrogen) atoms. The highest BCUT2D eigenvalue weighted by Gasteiger charge is 2.30. The number of rotatable bonds is 6. The maximum Gasteiger partial charge on any atom is 0.233 e. The van der Waals surface area contributed by atoms with E-state index in [1.165, 1.54) is 11.1 Å². The predicted octanol–water partition coefficient (Wildman–Crippen LogP) is 4.53. The van der Waals surface area contributed by atoms with Gasteiger partial charge < -0.3 is 10.1 Å². The van der Waals surface area contributed by atoms with Crippen molar-refractivity contribution in [3.05, 3.63) is 65.2 Å². The zero-order valence-electron chi connectivity index (χ0n) is 20.3. The molecule has 0 atom stereocenters. The third-order valence-electron chi connectivity index (χ3n) is 7.06. The molecule has 0 radical (unpaired) electrons. The van der Waals surface area contributed by atoms with Crippen molar-refractivity contribution in [1.82, 2.24) is 15.1 Å². The van der Waals surface area contributed by atoms with Gasteiger partial charge in [0.25, 0.3) is 0 Å². The van der Waals surface area contributed by atoms with Crippen molar-refractivity contribution in [2.45, 2.75) is 45.7 Å². The minimum atomic E-state index is -2.84. The Morgan fingerprint density at radius 1 is 1.09 bits per heavy atom. The molecule has 184 valence electrons. The predicted molar refractivity (Wildman–Crippen MR) is 139 cm³/mol. The van der Waals surface area contributed by atoms with E-state index in [2.05, 4.69) is 63.7 Å². The average molecular weight is 493 g/mol. The van der Waals surface area contributed by atoms with Crippen molar-refractivity contribution >= 4 is 21.2 Å². The van der Waals surface area contributed by atoms with Gasteiger partial charge in [0.15, 0.2) is 0 Å². The van der Waals surface area contributed by atoms with Crippen LogP contribution in [0.3, 0.4) is 0 Å². The number of anilines is 2. The van der Waals surface area contributed by atoms with Crippen molar-refractivity contribution in [1.29, 1.82) is 0 Å². The van der Waals surface area contributed by atoms with Crippen LogP contribution in [0.4, 0.5) is 11.4 Å². The second-order valence-corrected chi connectivity index (χ2v) is 11.7. The molecule has 0 aliphatic carbocycles. The molecule has 0 bridgehead atoms. The molecule has 7 nitrogen and oxygen atoms in total. The second-order valence-electron chi connectivity index (χ2n) is 9.39. The molecule has 8 heteroatoms. The van der Waals surface area contributed by atoms with Crippen LogP contribution in [0.5, 0.6) is 5.88 Å². The van der Waals surface area contributed by atoms with Gasteiger partial charge in [0.1, 0.15) is 9.84 Å². The first-order chi connectivity index (χ1) is 16.9. The summed E-state index contributed by atoms with van der Waals surface area (Å²) in [7, 11) is -2.84. The number of aryl methyl sites for hydroxylation is 1. The Morgan fingerprint density at radius 3 is 2.66 bits per heavy atom.